The van der Waals surface area contributed by atoms with E-state index in [1.165, 1.54) is 0 Å². The number of hydrogen-bond acceptors (Lipinski definition) is 4. The normalized spacial score (nSPS) is 11.4. The highest BCUT2D eigenvalue weighted by atomic mass is 32.1. The smallest absolute Gasteiger partial charge is 0.256 e. The average molecular weight is 344 g/mol. The molecule has 0 atom stereocenters. The fourth-order valence-electron chi connectivity index (χ4n) is 2.26. The minimum absolute atomic E-state index is 0.147. The van der Waals surface area contributed by atoms with Crippen LogP contribution in [-0.4, -0.2) is 27.4 Å². The monoisotopic (exact) mass is 344 g/mol. The first-order valence-electron chi connectivity index (χ1n) is 7.99. The van der Waals surface area contributed by atoms with E-state index in [4.69, 9.17) is 12.2 Å². The molecule has 2 aromatic rings. The largest absolute Gasteiger partial charge is 0.352 e. The lowest BCUT2D eigenvalue weighted by Gasteiger charge is -2.19. The summed E-state index contributed by atoms with van der Waals surface area (Å²) >= 11 is 5.33. The molecule has 0 radical (unpaired) electrons. The number of hydrogen-bond donors (Lipinski definition) is 2. The van der Waals surface area contributed by atoms with Gasteiger partial charge >= 0.3 is 0 Å². The van der Waals surface area contributed by atoms with E-state index < -0.39 is 0 Å². The molecule has 2 N–H and O–H groups in total. The number of nitrogens with zero attached hydrogens (tertiary/aromatic N) is 2. The first-order chi connectivity index (χ1) is 11.2. The summed E-state index contributed by atoms with van der Waals surface area (Å²) in [5.74, 6) is 0.592. The van der Waals surface area contributed by atoms with Crippen LogP contribution < -0.4 is 5.32 Å². The quantitative estimate of drug-likeness (QED) is 0.834. The summed E-state index contributed by atoms with van der Waals surface area (Å²) in [5.41, 5.74) is 3.11. The molecule has 0 aromatic carbocycles. The molecule has 0 bridgehead atoms. The van der Waals surface area contributed by atoms with E-state index >= 15 is 0 Å². The van der Waals surface area contributed by atoms with Crippen LogP contribution in [0.4, 0.5) is 0 Å². The number of carbonyl (C=O) groups excluding carboxylic acids is 1. The summed E-state index contributed by atoms with van der Waals surface area (Å²) in [7, 11) is 0. The Kier molecular flexibility index (Phi) is 5.49. The highest BCUT2D eigenvalue weighted by molar-refractivity contribution is 7.71. The van der Waals surface area contributed by atoms with Gasteiger partial charge in [-0.15, -0.1) is 0 Å². The van der Waals surface area contributed by atoms with E-state index in [1.807, 2.05) is 32.2 Å². The van der Waals surface area contributed by atoms with Crippen molar-refractivity contribution in [3.8, 4) is 0 Å². The van der Waals surface area contributed by atoms with E-state index in [1.54, 1.807) is 0 Å². The van der Waals surface area contributed by atoms with Crippen LogP contribution in [0.1, 0.15) is 53.9 Å². The molecule has 0 aliphatic rings. The van der Waals surface area contributed by atoms with E-state index in [0.29, 0.717) is 16.7 Å². The Hall–Kier alpha value is -2.08. The molecule has 2 heterocycles. The Morgan fingerprint density at radius 3 is 2.54 bits per heavy atom. The molecular formula is C18H24N4OS. The number of aromatic amines is 1. The molecule has 0 aliphatic carbocycles. The van der Waals surface area contributed by atoms with Crippen LogP contribution in [0.25, 0.3) is 0 Å². The fraction of sp³-hybridized carbons (Fsp3) is 0.444. The number of aryl methyl sites for hydroxylation is 2. The lowest BCUT2D eigenvalue weighted by atomic mass is 9.95. The zero-order chi connectivity index (χ0) is 17.9. The SMILES string of the molecule is Cc1ccc(CCNC(=O)c2c(C)[nH]c(C(C)(C)C)nc2=S)cn1. The Morgan fingerprint density at radius 2 is 2.00 bits per heavy atom. The number of rotatable bonds is 4. The average Bonchev–Trinajstić information content (AvgIpc) is 2.47. The fourth-order valence-corrected chi connectivity index (χ4v) is 2.60. The summed E-state index contributed by atoms with van der Waals surface area (Å²) < 4.78 is 0.339. The summed E-state index contributed by atoms with van der Waals surface area (Å²) in [6.45, 7) is 10.5. The third-order valence-corrected chi connectivity index (χ3v) is 4.01. The molecule has 24 heavy (non-hydrogen) atoms. The molecule has 6 heteroatoms. The maximum atomic E-state index is 12.4. The van der Waals surface area contributed by atoms with Crippen molar-refractivity contribution >= 4 is 18.1 Å². The topological polar surface area (TPSA) is 70.7 Å². The van der Waals surface area contributed by atoms with Gasteiger partial charge in [0.05, 0.1) is 5.56 Å². The van der Waals surface area contributed by atoms with Gasteiger partial charge in [-0.05, 0) is 31.9 Å². The van der Waals surface area contributed by atoms with Crippen molar-refractivity contribution in [3.05, 3.63) is 51.3 Å². The maximum absolute atomic E-state index is 12.4. The maximum Gasteiger partial charge on any atom is 0.256 e. The third kappa shape index (κ3) is 4.47. The van der Waals surface area contributed by atoms with E-state index in [2.05, 4.69) is 41.0 Å². The number of nitrogens with one attached hydrogen (secondary N) is 2. The van der Waals surface area contributed by atoms with Gasteiger partial charge in [0.25, 0.3) is 5.91 Å². The van der Waals surface area contributed by atoms with Gasteiger partial charge in [0.15, 0.2) is 0 Å². The number of carbonyl (C=O) groups is 1. The first-order valence-corrected chi connectivity index (χ1v) is 8.40. The van der Waals surface area contributed by atoms with Gasteiger partial charge in [0.1, 0.15) is 10.5 Å². The predicted octanol–water partition coefficient (Wildman–Crippen LogP) is 3.42. The highest BCUT2D eigenvalue weighted by Crippen LogP contribution is 2.19. The highest BCUT2D eigenvalue weighted by Gasteiger charge is 2.20. The van der Waals surface area contributed by atoms with Gasteiger partial charge in [0.2, 0.25) is 0 Å². The molecule has 128 valence electrons. The van der Waals surface area contributed by atoms with Crippen LogP contribution in [0.5, 0.6) is 0 Å². The van der Waals surface area contributed by atoms with Crippen LogP contribution in [0.15, 0.2) is 18.3 Å². The molecule has 2 rings (SSSR count). The van der Waals surface area contributed by atoms with Crippen LogP contribution in [0.2, 0.25) is 0 Å². The molecule has 0 spiro atoms. The molecule has 2 aromatic heterocycles. The van der Waals surface area contributed by atoms with E-state index in [0.717, 1.165) is 29.2 Å². The third-order valence-electron chi connectivity index (χ3n) is 3.72. The number of amides is 1. The number of pyridine rings is 1. The molecule has 0 fully saturated rings. The first kappa shape index (κ1) is 18.3. The Morgan fingerprint density at radius 1 is 1.29 bits per heavy atom. The van der Waals surface area contributed by atoms with Gasteiger partial charge in [-0.3, -0.25) is 9.78 Å². The Bertz CT molecular complexity index is 788. The molecule has 1 amide bonds. The van der Waals surface area contributed by atoms with E-state index in [9.17, 15) is 4.79 Å². The van der Waals surface area contributed by atoms with Crippen molar-refractivity contribution in [1.29, 1.82) is 0 Å². The van der Waals surface area contributed by atoms with Crippen molar-refractivity contribution in [2.45, 2.75) is 46.5 Å². The van der Waals surface area contributed by atoms with Crippen molar-refractivity contribution in [1.82, 2.24) is 20.3 Å². The van der Waals surface area contributed by atoms with Crippen LogP contribution in [0, 0.1) is 18.5 Å². The van der Waals surface area contributed by atoms with Gasteiger partial charge in [-0.1, -0.05) is 39.1 Å². The lowest BCUT2D eigenvalue weighted by molar-refractivity contribution is 0.0952. The summed E-state index contributed by atoms with van der Waals surface area (Å²) in [4.78, 5) is 24.3. The molecule has 0 saturated heterocycles. The Labute approximate surface area is 148 Å². The summed E-state index contributed by atoms with van der Waals surface area (Å²) in [5, 5.41) is 2.91. The zero-order valence-corrected chi connectivity index (χ0v) is 15.7. The van der Waals surface area contributed by atoms with Crippen molar-refractivity contribution < 1.29 is 4.79 Å². The number of aromatic nitrogens is 3. The van der Waals surface area contributed by atoms with Crippen molar-refractivity contribution in [3.63, 3.8) is 0 Å². The molecule has 5 nitrogen and oxygen atoms in total. The minimum atomic E-state index is -0.193. The van der Waals surface area contributed by atoms with Crippen molar-refractivity contribution in [2.24, 2.45) is 0 Å². The van der Waals surface area contributed by atoms with Crippen LogP contribution in [0.3, 0.4) is 0 Å². The second kappa shape index (κ2) is 7.21. The number of H-pyrrole nitrogens is 1. The predicted molar refractivity (Wildman–Crippen MR) is 97.9 cm³/mol. The molecular weight excluding hydrogens is 320 g/mol. The van der Waals surface area contributed by atoms with Gasteiger partial charge in [-0.25, -0.2) is 4.98 Å². The van der Waals surface area contributed by atoms with Crippen LogP contribution >= 0.6 is 12.2 Å². The molecule has 0 saturated carbocycles. The summed E-state index contributed by atoms with van der Waals surface area (Å²) in [6.07, 6.45) is 2.56. The standard InChI is InChI=1S/C18H24N4OS/c1-11-6-7-13(10-20-11)8-9-19-15(23)14-12(2)21-17(18(3,4)5)22-16(14)24/h6-7,10H,8-9H2,1-5H3,(H,19,23)(H,21,22,24). The van der Waals surface area contributed by atoms with Gasteiger partial charge < -0.3 is 10.3 Å². The van der Waals surface area contributed by atoms with Gasteiger partial charge in [0, 0.05) is 29.5 Å². The molecule has 0 aliphatic heterocycles. The lowest BCUT2D eigenvalue weighted by Crippen LogP contribution is -2.28. The van der Waals surface area contributed by atoms with E-state index in [-0.39, 0.29) is 11.3 Å². The Balaban J connectivity index is 2.07. The molecule has 0 unspecified atom stereocenters. The second-order valence-corrected chi connectivity index (χ2v) is 7.34. The second-order valence-electron chi connectivity index (χ2n) is 6.95. The van der Waals surface area contributed by atoms with Crippen molar-refractivity contribution in [2.75, 3.05) is 6.54 Å². The minimum Gasteiger partial charge on any atom is -0.352 e. The van der Waals surface area contributed by atoms with Gasteiger partial charge in [-0.2, -0.15) is 0 Å². The summed E-state index contributed by atoms with van der Waals surface area (Å²) in [6, 6.07) is 3.98. The zero-order valence-electron chi connectivity index (χ0n) is 14.9. The van der Waals surface area contributed by atoms with Crippen LogP contribution in [-0.2, 0) is 11.8 Å².